The number of aromatic amines is 1. The molecule has 28 heavy (non-hydrogen) atoms. The molecule has 0 aliphatic carbocycles. The van der Waals surface area contributed by atoms with Crippen molar-refractivity contribution in [3.8, 4) is 27.2 Å². The second-order valence-electron chi connectivity index (χ2n) is 5.54. The van der Waals surface area contributed by atoms with E-state index in [-0.39, 0.29) is 5.91 Å². The Balaban J connectivity index is 1.62. The standard InChI is InChI=1S/C18H15N7O2S/c1-2-27-17-14(15-21-10-22-25-15)28-18(24-17)12-5-8-20-13(9-12)23-16(26)11-3-6-19-7-4-11/h3-10H,2H2,1H3,(H,20,23,26)(H,21,22,25). The highest BCUT2D eigenvalue weighted by atomic mass is 32.1. The molecule has 0 aliphatic rings. The summed E-state index contributed by atoms with van der Waals surface area (Å²) < 4.78 is 5.64. The lowest BCUT2D eigenvalue weighted by atomic mass is 10.2. The van der Waals surface area contributed by atoms with Crippen LogP contribution in [0.15, 0.2) is 49.2 Å². The minimum atomic E-state index is -0.261. The number of carbonyl (C=O) groups is 1. The van der Waals surface area contributed by atoms with Crippen LogP contribution in [0.3, 0.4) is 0 Å². The average Bonchev–Trinajstić information content (AvgIpc) is 3.39. The van der Waals surface area contributed by atoms with Crippen molar-refractivity contribution in [1.29, 1.82) is 0 Å². The Bertz CT molecular complexity index is 1080. The fourth-order valence-electron chi connectivity index (χ4n) is 2.45. The fraction of sp³-hybridized carbons (Fsp3) is 0.111. The van der Waals surface area contributed by atoms with Gasteiger partial charge in [-0.15, -0.1) is 21.5 Å². The lowest BCUT2D eigenvalue weighted by molar-refractivity contribution is 0.102. The van der Waals surface area contributed by atoms with E-state index in [2.05, 4.69) is 35.5 Å². The highest BCUT2D eigenvalue weighted by Gasteiger charge is 2.18. The van der Waals surface area contributed by atoms with Crippen LogP contribution in [0.5, 0.6) is 5.88 Å². The minimum Gasteiger partial charge on any atom is -0.477 e. The van der Waals surface area contributed by atoms with Crippen molar-refractivity contribution in [3.05, 3.63) is 54.7 Å². The number of nitrogens with zero attached hydrogens (tertiary/aromatic N) is 5. The van der Waals surface area contributed by atoms with Crippen LogP contribution in [-0.2, 0) is 0 Å². The first-order valence-electron chi connectivity index (χ1n) is 8.42. The van der Waals surface area contributed by atoms with Gasteiger partial charge in [0.1, 0.15) is 22.0 Å². The Kier molecular flexibility index (Phi) is 5.02. The summed E-state index contributed by atoms with van der Waals surface area (Å²) in [6, 6.07) is 6.86. The lowest BCUT2D eigenvalue weighted by Gasteiger charge is -2.05. The lowest BCUT2D eigenvalue weighted by Crippen LogP contribution is -2.12. The van der Waals surface area contributed by atoms with Crippen molar-refractivity contribution < 1.29 is 9.53 Å². The summed E-state index contributed by atoms with van der Waals surface area (Å²) in [6.45, 7) is 2.37. The molecule has 0 radical (unpaired) electrons. The molecule has 0 saturated carbocycles. The van der Waals surface area contributed by atoms with Crippen LogP contribution in [0.4, 0.5) is 5.82 Å². The Hall–Kier alpha value is -3.66. The molecule has 4 heterocycles. The maximum atomic E-state index is 12.3. The number of hydrogen-bond acceptors (Lipinski definition) is 8. The molecule has 9 nitrogen and oxygen atoms in total. The summed E-state index contributed by atoms with van der Waals surface area (Å²) in [5, 5.41) is 11.4. The number of carbonyl (C=O) groups excluding carboxylic acids is 1. The quantitative estimate of drug-likeness (QED) is 0.517. The number of amides is 1. The van der Waals surface area contributed by atoms with Gasteiger partial charge in [0.15, 0.2) is 5.82 Å². The number of pyridine rings is 2. The second kappa shape index (κ2) is 7.92. The predicted molar refractivity (Wildman–Crippen MR) is 104 cm³/mol. The Morgan fingerprint density at radius 2 is 2.11 bits per heavy atom. The fourth-order valence-corrected chi connectivity index (χ4v) is 3.41. The first-order valence-corrected chi connectivity index (χ1v) is 9.24. The van der Waals surface area contributed by atoms with Gasteiger partial charge in [0, 0.05) is 29.7 Å². The van der Waals surface area contributed by atoms with E-state index in [9.17, 15) is 4.79 Å². The van der Waals surface area contributed by atoms with E-state index in [0.717, 1.165) is 15.4 Å². The molecule has 4 aromatic rings. The Labute approximate surface area is 163 Å². The summed E-state index contributed by atoms with van der Waals surface area (Å²) in [5.41, 5.74) is 1.31. The van der Waals surface area contributed by atoms with Gasteiger partial charge in [0.2, 0.25) is 5.88 Å². The van der Waals surface area contributed by atoms with Crippen molar-refractivity contribution in [2.75, 3.05) is 11.9 Å². The molecule has 0 aliphatic heterocycles. The highest BCUT2D eigenvalue weighted by Crippen LogP contribution is 2.38. The zero-order valence-electron chi connectivity index (χ0n) is 14.8. The Morgan fingerprint density at radius 1 is 1.25 bits per heavy atom. The van der Waals surface area contributed by atoms with Crippen LogP contribution in [-0.4, -0.2) is 42.6 Å². The van der Waals surface area contributed by atoms with Gasteiger partial charge >= 0.3 is 0 Å². The molecule has 4 aromatic heterocycles. The average molecular weight is 393 g/mol. The maximum Gasteiger partial charge on any atom is 0.256 e. The summed E-state index contributed by atoms with van der Waals surface area (Å²) in [7, 11) is 0. The van der Waals surface area contributed by atoms with E-state index in [0.29, 0.717) is 29.7 Å². The molecular weight excluding hydrogens is 378 g/mol. The molecule has 1 amide bonds. The first kappa shape index (κ1) is 17.7. The molecule has 2 N–H and O–H groups in total. The first-order chi connectivity index (χ1) is 13.7. The number of anilines is 1. The molecule has 0 aromatic carbocycles. The van der Waals surface area contributed by atoms with Gasteiger partial charge in [0.05, 0.1) is 6.61 Å². The van der Waals surface area contributed by atoms with Crippen LogP contribution in [0, 0.1) is 0 Å². The van der Waals surface area contributed by atoms with E-state index in [1.54, 1.807) is 36.8 Å². The third kappa shape index (κ3) is 3.71. The number of aromatic nitrogens is 6. The third-order valence-electron chi connectivity index (χ3n) is 3.70. The van der Waals surface area contributed by atoms with Gasteiger partial charge in [-0.1, -0.05) is 0 Å². The zero-order valence-corrected chi connectivity index (χ0v) is 15.6. The van der Waals surface area contributed by atoms with Crippen molar-refractivity contribution in [1.82, 2.24) is 30.1 Å². The number of ether oxygens (including phenoxy) is 1. The van der Waals surface area contributed by atoms with Gasteiger partial charge in [-0.25, -0.2) is 9.97 Å². The van der Waals surface area contributed by atoms with Crippen LogP contribution in [0.1, 0.15) is 17.3 Å². The predicted octanol–water partition coefficient (Wildman–Crippen LogP) is 3.04. The SMILES string of the molecule is CCOc1nc(-c2ccnc(NC(=O)c3ccncc3)c2)sc1-c1nnc[nH]1. The molecule has 0 fully saturated rings. The van der Waals surface area contributed by atoms with E-state index >= 15 is 0 Å². The van der Waals surface area contributed by atoms with Gasteiger partial charge in [-0.3, -0.25) is 9.78 Å². The molecule has 0 bridgehead atoms. The molecule has 0 unspecified atom stereocenters. The summed E-state index contributed by atoms with van der Waals surface area (Å²) in [4.78, 5) is 28.7. The summed E-state index contributed by atoms with van der Waals surface area (Å²) >= 11 is 1.42. The van der Waals surface area contributed by atoms with E-state index < -0.39 is 0 Å². The van der Waals surface area contributed by atoms with Crippen LogP contribution < -0.4 is 10.1 Å². The van der Waals surface area contributed by atoms with Crippen molar-refractivity contribution in [2.45, 2.75) is 6.92 Å². The van der Waals surface area contributed by atoms with E-state index in [1.165, 1.54) is 17.7 Å². The van der Waals surface area contributed by atoms with Gasteiger partial charge in [-0.05, 0) is 31.2 Å². The molecule has 4 rings (SSSR count). The smallest absolute Gasteiger partial charge is 0.256 e. The summed E-state index contributed by atoms with van der Waals surface area (Å²) in [6.07, 6.45) is 6.25. The number of H-pyrrole nitrogens is 1. The number of hydrogen-bond donors (Lipinski definition) is 2. The van der Waals surface area contributed by atoms with Crippen molar-refractivity contribution in [3.63, 3.8) is 0 Å². The van der Waals surface area contributed by atoms with Crippen LogP contribution in [0.25, 0.3) is 21.3 Å². The number of nitrogens with one attached hydrogen (secondary N) is 2. The van der Waals surface area contributed by atoms with Crippen LogP contribution >= 0.6 is 11.3 Å². The van der Waals surface area contributed by atoms with Crippen molar-refractivity contribution in [2.24, 2.45) is 0 Å². The van der Waals surface area contributed by atoms with Gasteiger partial charge < -0.3 is 15.0 Å². The molecule has 0 spiro atoms. The van der Waals surface area contributed by atoms with Gasteiger partial charge in [0.25, 0.3) is 5.91 Å². The van der Waals surface area contributed by atoms with E-state index in [1.807, 2.05) is 13.0 Å². The molecule has 10 heteroatoms. The second-order valence-corrected chi connectivity index (χ2v) is 6.54. The third-order valence-corrected chi connectivity index (χ3v) is 4.79. The molecular formula is C18H15N7O2S. The monoisotopic (exact) mass is 393 g/mol. The van der Waals surface area contributed by atoms with Crippen molar-refractivity contribution >= 4 is 23.1 Å². The number of rotatable bonds is 6. The largest absolute Gasteiger partial charge is 0.477 e. The molecule has 0 atom stereocenters. The molecule has 0 saturated heterocycles. The normalized spacial score (nSPS) is 10.6. The highest BCUT2D eigenvalue weighted by molar-refractivity contribution is 7.18. The maximum absolute atomic E-state index is 12.3. The van der Waals surface area contributed by atoms with Crippen LogP contribution in [0.2, 0.25) is 0 Å². The number of thiazole rings is 1. The minimum absolute atomic E-state index is 0.261. The summed E-state index contributed by atoms with van der Waals surface area (Å²) in [5.74, 6) is 1.24. The van der Waals surface area contributed by atoms with Gasteiger partial charge in [-0.2, -0.15) is 0 Å². The topological polar surface area (TPSA) is 119 Å². The molecule has 140 valence electrons. The van der Waals surface area contributed by atoms with E-state index in [4.69, 9.17) is 4.74 Å². The Morgan fingerprint density at radius 3 is 2.86 bits per heavy atom. The zero-order chi connectivity index (χ0) is 19.3.